The number of para-hydroxylation sites is 1. The van der Waals surface area contributed by atoms with Crippen LogP contribution in [0.5, 0.6) is 0 Å². The van der Waals surface area contributed by atoms with E-state index in [4.69, 9.17) is 4.74 Å². The zero-order valence-corrected chi connectivity index (χ0v) is 13.4. The molecule has 2 heterocycles. The molecule has 1 amide bonds. The van der Waals surface area contributed by atoms with Gasteiger partial charge in [0.2, 0.25) is 5.91 Å². The second-order valence-electron chi connectivity index (χ2n) is 5.81. The summed E-state index contributed by atoms with van der Waals surface area (Å²) >= 11 is 0. The summed E-state index contributed by atoms with van der Waals surface area (Å²) in [7, 11) is 0. The minimum absolute atomic E-state index is 0.0504. The van der Waals surface area contributed by atoms with Gasteiger partial charge in [0.15, 0.2) is 0 Å². The van der Waals surface area contributed by atoms with Crippen LogP contribution in [-0.2, 0) is 16.0 Å². The van der Waals surface area contributed by atoms with Gasteiger partial charge in [-0.25, -0.2) is 4.79 Å². The van der Waals surface area contributed by atoms with E-state index >= 15 is 0 Å². The van der Waals surface area contributed by atoms with Gasteiger partial charge in [0.25, 0.3) is 0 Å². The first-order valence-corrected chi connectivity index (χ1v) is 8.05. The zero-order valence-electron chi connectivity index (χ0n) is 13.4. The Kier molecular flexibility index (Phi) is 5.12. The monoisotopic (exact) mass is 331 g/mol. The lowest BCUT2D eigenvalue weighted by Gasteiger charge is -2.26. The Morgan fingerprint density at radius 1 is 1.25 bits per heavy atom. The Morgan fingerprint density at radius 3 is 2.75 bits per heavy atom. The highest BCUT2D eigenvalue weighted by Gasteiger charge is 2.19. The van der Waals surface area contributed by atoms with Crippen molar-refractivity contribution in [3.63, 3.8) is 0 Å². The number of amides is 1. The fourth-order valence-corrected chi connectivity index (χ4v) is 2.97. The highest BCUT2D eigenvalue weighted by Crippen LogP contribution is 2.23. The van der Waals surface area contributed by atoms with Crippen molar-refractivity contribution in [1.82, 2.24) is 15.2 Å². The predicted molar refractivity (Wildman–Crippen MR) is 89.2 cm³/mol. The number of aromatic nitrogens is 1. The van der Waals surface area contributed by atoms with Crippen LogP contribution in [0, 0.1) is 0 Å². The number of rotatable bonds is 6. The van der Waals surface area contributed by atoms with Crippen molar-refractivity contribution >= 4 is 22.8 Å². The van der Waals surface area contributed by atoms with Crippen LogP contribution in [0.1, 0.15) is 16.1 Å². The number of carboxylic acids is 1. The molecule has 1 aromatic heterocycles. The first kappa shape index (κ1) is 16.5. The van der Waals surface area contributed by atoms with Crippen LogP contribution in [0.25, 0.3) is 10.9 Å². The largest absolute Gasteiger partial charge is 0.477 e. The van der Waals surface area contributed by atoms with Gasteiger partial charge in [-0.3, -0.25) is 9.69 Å². The molecule has 0 unspecified atom stereocenters. The molecular formula is C17H21N3O4. The minimum Gasteiger partial charge on any atom is -0.477 e. The number of H-pyrrole nitrogens is 1. The number of morpholine rings is 1. The molecule has 24 heavy (non-hydrogen) atoms. The number of hydrogen-bond donors (Lipinski definition) is 3. The highest BCUT2D eigenvalue weighted by molar-refractivity contribution is 5.99. The number of aromatic amines is 1. The van der Waals surface area contributed by atoms with E-state index in [2.05, 4.69) is 15.2 Å². The van der Waals surface area contributed by atoms with Crippen LogP contribution in [0.15, 0.2) is 24.3 Å². The number of fused-ring (bicyclic) bond motifs is 1. The van der Waals surface area contributed by atoms with E-state index in [1.807, 2.05) is 24.3 Å². The average Bonchev–Trinajstić information content (AvgIpc) is 2.95. The van der Waals surface area contributed by atoms with Crippen molar-refractivity contribution in [2.45, 2.75) is 6.42 Å². The van der Waals surface area contributed by atoms with Crippen molar-refractivity contribution in [2.75, 3.05) is 39.4 Å². The third kappa shape index (κ3) is 3.74. The number of hydrogen-bond acceptors (Lipinski definition) is 4. The molecule has 1 fully saturated rings. The number of carbonyl (C=O) groups is 2. The summed E-state index contributed by atoms with van der Waals surface area (Å²) in [6, 6.07) is 7.30. The van der Waals surface area contributed by atoms with Crippen LogP contribution < -0.4 is 5.32 Å². The molecule has 1 aliphatic heterocycles. The number of carbonyl (C=O) groups excluding carboxylic acids is 1. The number of aromatic carboxylic acids is 1. The van der Waals surface area contributed by atoms with Gasteiger partial charge in [-0.05, 0) is 6.07 Å². The zero-order chi connectivity index (χ0) is 16.9. The standard InChI is InChI=1S/C17H21N3O4/c21-15(18-5-6-20-7-9-24-10-8-20)11-13-12-3-1-2-4-14(12)19-16(13)17(22)23/h1-4,19H,5-11H2,(H,18,21)(H,22,23). The lowest BCUT2D eigenvalue weighted by atomic mass is 10.1. The summed E-state index contributed by atoms with van der Waals surface area (Å²) in [6.07, 6.45) is 0.0504. The van der Waals surface area contributed by atoms with Gasteiger partial charge in [0, 0.05) is 42.6 Å². The van der Waals surface area contributed by atoms with Crippen LogP contribution in [0.2, 0.25) is 0 Å². The van der Waals surface area contributed by atoms with Gasteiger partial charge < -0.3 is 20.1 Å². The second-order valence-corrected chi connectivity index (χ2v) is 5.81. The van der Waals surface area contributed by atoms with Crippen LogP contribution >= 0.6 is 0 Å². The summed E-state index contributed by atoms with van der Waals surface area (Å²) in [4.78, 5) is 28.7. The molecular weight excluding hydrogens is 310 g/mol. The lowest BCUT2D eigenvalue weighted by Crippen LogP contribution is -2.41. The van der Waals surface area contributed by atoms with Crippen LogP contribution in [0.4, 0.5) is 0 Å². The third-order valence-corrected chi connectivity index (χ3v) is 4.22. The van der Waals surface area contributed by atoms with E-state index < -0.39 is 5.97 Å². The molecule has 1 aliphatic rings. The number of nitrogens with one attached hydrogen (secondary N) is 2. The van der Waals surface area contributed by atoms with E-state index in [9.17, 15) is 14.7 Å². The molecule has 3 N–H and O–H groups in total. The molecule has 3 rings (SSSR count). The predicted octanol–water partition coefficient (Wildman–Crippen LogP) is 0.857. The van der Waals surface area contributed by atoms with Gasteiger partial charge in [0.1, 0.15) is 5.69 Å². The average molecular weight is 331 g/mol. The first-order valence-electron chi connectivity index (χ1n) is 8.05. The summed E-state index contributed by atoms with van der Waals surface area (Å²) in [6.45, 7) is 4.53. The highest BCUT2D eigenvalue weighted by atomic mass is 16.5. The quantitative estimate of drug-likeness (QED) is 0.730. The maximum absolute atomic E-state index is 12.2. The Labute approximate surface area is 139 Å². The van der Waals surface area contributed by atoms with E-state index in [0.29, 0.717) is 12.1 Å². The van der Waals surface area contributed by atoms with Crippen molar-refractivity contribution in [2.24, 2.45) is 0 Å². The van der Waals surface area contributed by atoms with Crippen molar-refractivity contribution in [3.05, 3.63) is 35.5 Å². The topological polar surface area (TPSA) is 94.7 Å². The Bertz CT molecular complexity index is 735. The molecule has 7 nitrogen and oxygen atoms in total. The molecule has 0 bridgehead atoms. The molecule has 0 saturated carbocycles. The van der Waals surface area contributed by atoms with Gasteiger partial charge in [0.05, 0.1) is 19.6 Å². The summed E-state index contributed by atoms with van der Waals surface area (Å²) in [5, 5.41) is 13.0. The molecule has 7 heteroatoms. The summed E-state index contributed by atoms with van der Waals surface area (Å²) in [5.74, 6) is -1.22. The number of ether oxygens (including phenoxy) is 1. The van der Waals surface area contributed by atoms with Crippen LogP contribution in [0.3, 0.4) is 0 Å². The lowest BCUT2D eigenvalue weighted by molar-refractivity contribution is -0.120. The normalized spacial score (nSPS) is 15.5. The SMILES string of the molecule is O=C(Cc1c(C(=O)O)[nH]c2ccccc12)NCCN1CCOCC1. The Balaban J connectivity index is 1.62. The van der Waals surface area contributed by atoms with Gasteiger partial charge in [-0.1, -0.05) is 18.2 Å². The smallest absolute Gasteiger partial charge is 0.352 e. The van der Waals surface area contributed by atoms with E-state index in [0.717, 1.165) is 43.8 Å². The molecule has 128 valence electrons. The molecule has 1 saturated heterocycles. The van der Waals surface area contributed by atoms with Crippen molar-refractivity contribution < 1.29 is 19.4 Å². The maximum atomic E-state index is 12.2. The third-order valence-electron chi connectivity index (χ3n) is 4.22. The van der Waals surface area contributed by atoms with Crippen molar-refractivity contribution in [3.8, 4) is 0 Å². The van der Waals surface area contributed by atoms with Gasteiger partial charge in [-0.2, -0.15) is 0 Å². The number of carboxylic acid groups (broad SMARTS) is 1. The fourth-order valence-electron chi connectivity index (χ4n) is 2.97. The fraction of sp³-hybridized carbons (Fsp3) is 0.412. The Morgan fingerprint density at radius 2 is 2.00 bits per heavy atom. The molecule has 1 aromatic carbocycles. The molecule has 0 spiro atoms. The molecule has 0 atom stereocenters. The Hall–Kier alpha value is -2.38. The van der Waals surface area contributed by atoms with Crippen molar-refractivity contribution in [1.29, 1.82) is 0 Å². The molecule has 0 radical (unpaired) electrons. The van der Waals surface area contributed by atoms with Gasteiger partial charge in [-0.15, -0.1) is 0 Å². The van der Waals surface area contributed by atoms with E-state index in [-0.39, 0.29) is 18.0 Å². The van der Waals surface area contributed by atoms with E-state index in [1.54, 1.807) is 0 Å². The summed E-state index contributed by atoms with van der Waals surface area (Å²) < 4.78 is 5.29. The van der Waals surface area contributed by atoms with Crippen LogP contribution in [-0.4, -0.2) is 66.3 Å². The van der Waals surface area contributed by atoms with Gasteiger partial charge >= 0.3 is 5.97 Å². The second kappa shape index (κ2) is 7.46. The number of nitrogens with zero attached hydrogens (tertiary/aromatic N) is 1. The minimum atomic E-state index is -1.05. The summed E-state index contributed by atoms with van der Waals surface area (Å²) in [5.41, 5.74) is 1.34. The molecule has 2 aromatic rings. The number of benzene rings is 1. The maximum Gasteiger partial charge on any atom is 0.352 e. The first-order chi connectivity index (χ1) is 11.6. The van der Waals surface area contributed by atoms with E-state index in [1.165, 1.54) is 0 Å². The molecule has 0 aliphatic carbocycles.